The van der Waals surface area contributed by atoms with Crippen LogP contribution in [0.5, 0.6) is 0 Å². The van der Waals surface area contributed by atoms with Crippen LogP contribution in [0.4, 0.5) is 5.82 Å². The highest BCUT2D eigenvalue weighted by atomic mass is 35.5. The van der Waals surface area contributed by atoms with Crippen molar-refractivity contribution in [1.29, 1.82) is 0 Å². The number of fused-ring (bicyclic) bond motifs is 1. The van der Waals surface area contributed by atoms with Crippen molar-refractivity contribution in [1.82, 2.24) is 4.98 Å². The van der Waals surface area contributed by atoms with Crippen LogP contribution in [0.15, 0.2) is 23.6 Å². The zero-order valence-electron chi connectivity index (χ0n) is 11.2. The Kier molecular flexibility index (Phi) is 3.50. The van der Waals surface area contributed by atoms with Gasteiger partial charge in [-0.05, 0) is 55.0 Å². The summed E-state index contributed by atoms with van der Waals surface area (Å²) in [5, 5.41) is 2.19. The molecule has 0 N–H and O–H groups in total. The van der Waals surface area contributed by atoms with Gasteiger partial charge >= 0.3 is 0 Å². The van der Waals surface area contributed by atoms with Gasteiger partial charge in [-0.25, -0.2) is 4.98 Å². The largest absolute Gasteiger partial charge is 0.349 e. The molecule has 2 nitrogen and oxygen atoms in total. The zero-order valence-corrected chi connectivity index (χ0v) is 12.8. The number of thiophene rings is 1. The molecule has 0 bridgehead atoms. The van der Waals surface area contributed by atoms with Gasteiger partial charge in [-0.2, -0.15) is 0 Å². The van der Waals surface area contributed by atoms with Gasteiger partial charge in [0.15, 0.2) is 0 Å². The Morgan fingerprint density at radius 2 is 2.32 bits per heavy atom. The topological polar surface area (TPSA) is 16.1 Å². The van der Waals surface area contributed by atoms with E-state index < -0.39 is 0 Å². The number of aromatic nitrogens is 1. The summed E-state index contributed by atoms with van der Waals surface area (Å²) in [4.78, 5) is 8.59. The SMILES string of the molecule is Cc1cc(CCl)cc(N2CCc3sccc3C2C)n1. The number of halogens is 1. The van der Waals surface area contributed by atoms with Gasteiger partial charge in [0.2, 0.25) is 0 Å². The second kappa shape index (κ2) is 5.14. The molecule has 1 unspecified atom stereocenters. The second-order valence-corrected chi connectivity index (χ2v) is 6.30. The molecule has 100 valence electrons. The van der Waals surface area contributed by atoms with Crippen LogP contribution < -0.4 is 4.90 Å². The van der Waals surface area contributed by atoms with Crippen LogP contribution in [-0.4, -0.2) is 11.5 Å². The van der Waals surface area contributed by atoms with Crippen molar-refractivity contribution in [3.63, 3.8) is 0 Å². The third-order valence-electron chi connectivity index (χ3n) is 3.73. The minimum absolute atomic E-state index is 0.396. The summed E-state index contributed by atoms with van der Waals surface area (Å²) in [7, 11) is 0. The number of hydrogen-bond acceptors (Lipinski definition) is 3. The Balaban J connectivity index is 1.97. The second-order valence-electron chi connectivity index (χ2n) is 5.03. The normalized spacial score (nSPS) is 18.5. The lowest BCUT2D eigenvalue weighted by atomic mass is 10.0. The quantitative estimate of drug-likeness (QED) is 0.767. The van der Waals surface area contributed by atoms with E-state index in [1.807, 2.05) is 18.3 Å². The number of hydrogen-bond donors (Lipinski definition) is 0. The van der Waals surface area contributed by atoms with Crippen molar-refractivity contribution in [3.8, 4) is 0 Å². The Hall–Kier alpha value is -1.06. The Morgan fingerprint density at radius 1 is 1.47 bits per heavy atom. The highest BCUT2D eigenvalue weighted by Gasteiger charge is 2.25. The standard InChI is InChI=1S/C15H17ClN2S/c1-10-7-12(9-16)8-15(17-10)18-5-3-14-13(11(18)2)4-6-19-14/h4,6-8,11H,3,5,9H2,1-2H3. The van der Waals surface area contributed by atoms with Crippen LogP contribution in [0, 0.1) is 6.92 Å². The van der Waals surface area contributed by atoms with Crippen LogP contribution in [0.1, 0.15) is 34.7 Å². The number of rotatable bonds is 2. The first-order chi connectivity index (χ1) is 9.19. The van der Waals surface area contributed by atoms with Crippen molar-refractivity contribution in [3.05, 3.63) is 45.3 Å². The van der Waals surface area contributed by atoms with Crippen molar-refractivity contribution < 1.29 is 0 Å². The van der Waals surface area contributed by atoms with E-state index in [2.05, 4.69) is 40.4 Å². The van der Waals surface area contributed by atoms with Gasteiger partial charge in [0.1, 0.15) is 5.82 Å². The molecule has 0 saturated heterocycles. The van der Waals surface area contributed by atoms with E-state index in [4.69, 9.17) is 11.6 Å². The molecule has 0 aromatic carbocycles. The number of pyridine rings is 1. The van der Waals surface area contributed by atoms with E-state index in [1.165, 1.54) is 10.4 Å². The molecule has 4 heteroatoms. The molecule has 2 aromatic rings. The Morgan fingerprint density at radius 3 is 3.11 bits per heavy atom. The minimum atomic E-state index is 0.396. The van der Waals surface area contributed by atoms with E-state index in [0.29, 0.717) is 11.9 Å². The average molecular weight is 293 g/mol. The molecule has 0 radical (unpaired) electrons. The third-order valence-corrected chi connectivity index (χ3v) is 5.03. The van der Waals surface area contributed by atoms with Gasteiger partial charge in [-0.15, -0.1) is 22.9 Å². The summed E-state index contributed by atoms with van der Waals surface area (Å²) in [5.41, 5.74) is 3.64. The smallest absolute Gasteiger partial charge is 0.129 e. The maximum absolute atomic E-state index is 5.97. The molecule has 0 aliphatic carbocycles. The number of nitrogens with zero attached hydrogens (tertiary/aromatic N) is 2. The summed E-state index contributed by atoms with van der Waals surface area (Å²) in [5.74, 6) is 1.60. The molecule has 0 saturated carbocycles. The maximum Gasteiger partial charge on any atom is 0.129 e. The van der Waals surface area contributed by atoms with Gasteiger partial charge < -0.3 is 4.90 Å². The highest BCUT2D eigenvalue weighted by molar-refractivity contribution is 7.10. The number of aryl methyl sites for hydroxylation is 1. The molecule has 0 fully saturated rings. The summed E-state index contributed by atoms with van der Waals surface area (Å²) in [6, 6.07) is 6.82. The lowest BCUT2D eigenvalue weighted by Gasteiger charge is -2.35. The lowest BCUT2D eigenvalue weighted by Crippen LogP contribution is -2.33. The van der Waals surface area contributed by atoms with Gasteiger partial charge in [0.05, 0.1) is 6.04 Å². The molecule has 0 spiro atoms. The Bertz CT molecular complexity index is 594. The third kappa shape index (κ3) is 2.37. The molecular formula is C15H17ClN2S. The first-order valence-corrected chi connectivity index (χ1v) is 7.97. The maximum atomic E-state index is 5.97. The minimum Gasteiger partial charge on any atom is -0.349 e. The van der Waals surface area contributed by atoms with Crippen LogP contribution >= 0.6 is 22.9 Å². The average Bonchev–Trinajstić information content (AvgIpc) is 2.87. The summed E-state index contributed by atoms with van der Waals surface area (Å²) in [6.45, 7) is 5.33. The van der Waals surface area contributed by atoms with Crippen molar-refractivity contribution in [2.24, 2.45) is 0 Å². The summed E-state index contributed by atoms with van der Waals surface area (Å²) >= 11 is 7.83. The summed E-state index contributed by atoms with van der Waals surface area (Å²) in [6.07, 6.45) is 1.11. The van der Waals surface area contributed by atoms with Crippen LogP contribution in [0.2, 0.25) is 0 Å². The molecular weight excluding hydrogens is 276 g/mol. The predicted octanol–water partition coefficient (Wildman–Crippen LogP) is 4.31. The van der Waals surface area contributed by atoms with E-state index in [1.54, 1.807) is 0 Å². The molecule has 0 amide bonds. The zero-order chi connectivity index (χ0) is 13.4. The van der Waals surface area contributed by atoms with E-state index in [0.717, 1.165) is 30.0 Å². The monoisotopic (exact) mass is 292 g/mol. The van der Waals surface area contributed by atoms with Gasteiger partial charge in [0, 0.05) is 23.0 Å². The van der Waals surface area contributed by atoms with E-state index in [-0.39, 0.29) is 0 Å². The summed E-state index contributed by atoms with van der Waals surface area (Å²) < 4.78 is 0. The van der Waals surface area contributed by atoms with E-state index in [9.17, 15) is 0 Å². The molecule has 3 rings (SSSR count). The molecule has 1 aliphatic rings. The lowest BCUT2D eigenvalue weighted by molar-refractivity contribution is 0.624. The Labute approximate surface area is 123 Å². The molecule has 2 aromatic heterocycles. The molecule has 1 atom stereocenters. The van der Waals surface area contributed by atoms with E-state index >= 15 is 0 Å². The fourth-order valence-electron chi connectivity index (χ4n) is 2.77. The van der Waals surface area contributed by atoms with Gasteiger partial charge in [-0.1, -0.05) is 0 Å². The number of anilines is 1. The molecule has 1 aliphatic heterocycles. The first-order valence-electron chi connectivity index (χ1n) is 6.55. The van der Waals surface area contributed by atoms with Crippen molar-refractivity contribution >= 4 is 28.8 Å². The number of alkyl halides is 1. The first kappa shape index (κ1) is 12.9. The fourth-order valence-corrected chi connectivity index (χ4v) is 3.88. The highest BCUT2D eigenvalue weighted by Crippen LogP contribution is 2.35. The van der Waals surface area contributed by atoms with Gasteiger partial charge in [-0.3, -0.25) is 0 Å². The van der Waals surface area contributed by atoms with Crippen LogP contribution in [-0.2, 0) is 12.3 Å². The van der Waals surface area contributed by atoms with Gasteiger partial charge in [0.25, 0.3) is 0 Å². The van der Waals surface area contributed by atoms with Crippen LogP contribution in [0.25, 0.3) is 0 Å². The fraction of sp³-hybridized carbons (Fsp3) is 0.400. The molecule has 19 heavy (non-hydrogen) atoms. The molecule has 3 heterocycles. The van der Waals surface area contributed by atoms with Crippen molar-refractivity contribution in [2.75, 3.05) is 11.4 Å². The van der Waals surface area contributed by atoms with Crippen molar-refractivity contribution in [2.45, 2.75) is 32.2 Å². The predicted molar refractivity (Wildman–Crippen MR) is 82.3 cm³/mol. The van der Waals surface area contributed by atoms with Crippen LogP contribution in [0.3, 0.4) is 0 Å².